The minimum Gasteiger partial charge on any atom is -0.466 e. The van der Waals surface area contributed by atoms with Crippen LogP contribution < -0.4 is 5.32 Å². The highest BCUT2D eigenvalue weighted by Crippen LogP contribution is 2.22. The molecule has 0 aliphatic carbocycles. The average molecular weight is 402 g/mol. The van der Waals surface area contributed by atoms with Gasteiger partial charge in [-0.2, -0.15) is 0 Å². The molecule has 1 aromatic heterocycles. The molecule has 2 aromatic rings. The summed E-state index contributed by atoms with van der Waals surface area (Å²) in [5, 5.41) is 3.50. The minimum absolute atomic E-state index is 0.0963. The lowest BCUT2D eigenvalue weighted by Crippen LogP contribution is -2.43. The molecule has 1 saturated heterocycles. The van der Waals surface area contributed by atoms with E-state index in [1.54, 1.807) is 0 Å². The van der Waals surface area contributed by atoms with Crippen molar-refractivity contribution in [3.05, 3.63) is 46.5 Å². The summed E-state index contributed by atoms with van der Waals surface area (Å²) in [6, 6.07) is 8.39. The number of aromatic nitrogens is 1. The van der Waals surface area contributed by atoms with Gasteiger partial charge in [0, 0.05) is 24.0 Å². The fraction of sp³-hybridized carbons (Fsp3) is 0.476. The summed E-state index contributed by atoms with van der Waals surface area (Å²) in [7, 11) is 0. The normalized spacial score (nSPS) is 17.3. The van der Waals surface area contributed by atoms with Crippen molar-refractivity contribution in [3.63, 3.8) is 0 Å². The third-order valence-electron chi connectivity index (χ3n) is 4.75. The Balaban J connectivity index is 1.50. The van der Waals surface area contributed by atoms with Gasteiger partial charge in [-0.1, -0.05) is 29.8 Å². The van der Waals surface area contributed by atoms with Crippen LogP contribution in [-0.2, 0) is 20.7 Å². The number of hydrogen-bond acceptors (Lipinski definition) is 6. The number of carbonyl (C=O) groups excluding carboxylic acids is 2. The molecule has 1 N–H and O–H groups in total. The van der Waals surface area contributed by atoms with E-state index in [0.717, 1.165) is 30.7 Å². The van der Waals surface area contributed by atoms with Crippen molar-refractivity contribution >= 4 is 28.3 Å². The number of rotatable bonds is 7. The molecule has 1 aliphatic heterocycles. The third kappa shape index (κ3) is 5.87. The summed E-state index contributed by atoms with van der Waals surface area (Å²) in [5.41, 5.74) is 2.47. The van der Waals surface area contributed by atoms with Crippen LogP contribution in [0, 0.1) is 12.8 Å². The number of hydrogen-bond donors (Lipinski definition) is 1. The lowest BCUT2D eigenvalue weighted by atomic mass is 9.98. The highest BCUT2D eigenvalue weighted by molar-refractivity contribution is 7.15. The van der Waals surface area contributed by atoms with Gasteiger partial charge < -0.3 is 10.1 Å². The fourth-order valence-electron chi connectivity index (χ4n) is 3.48. The summed E-state index contributed by atoms with van der Waals surface area (Å²) >= 11 is 1.50. The summed E-state index contributed by atoms with van der Waals surface area (Å²) in [5.74, 6) is -0.392. The van der Waals surface area contributed by atoms with Gasteiger partial charge in [0.2, 0.25) is 5.91 Å². The zero-order valence-electron chi connectivity index (χ0n) is 16.4. The van der Waals surface area contributed by atoms with E-state index in [0.29, 0.717) is 18.3 Å². The quantitative estimate of drug-likeness (QED) is 0.721. The maximum atomic E-state index is 12.4. The van der Waals surface area contributed by atoms with Gasteiger partial charge in [0.05, 0.1) is 19.1 Å². The van der Waals surface area contributed by atoms with E-state index in [1.807, 2.05) is 18.0 Å². The molecular formula is C21H27N3O3S. The average Bonchev–Trinajstić information content (AvgIpc) is 3.08. The molecule has 150 valence electrons. The number of piperidine rings is 1. The number of benzene rings is 1. The molecule has 0 spiro atoms. The van der Waals surface area contributed by atoms with Crippen molar-refractivity contribution in [1.29, 1.82) is 0 Å². The molecular weight excluding hydrogens is 374 g/mol. The van der Waals surface area contributed by atoms with Crippen LogP contribution in [0.15, 0.2) is 30.5 Å². The topological polar surface area (TPSA) is 71.5 Å². The zero-order valence-corrected chi connectivity index (χ0v) is 17.3. The molecule has 0 radical (unpaired) electrons. The van der Waals surface area contributed by atoms with Crippen molar-refractivity contribution < 1.29 is 14.3 Å². The van der Waals surface area contributed by atoms with Gasteiger partial charge in [0.25, 0.3) is 0 Å². The number of likely N-dealkylation sites (tertiary alicyclic amines) is 1. The Labute approximate surface area is 169 Å². The number of esters is 1. The van der Waals surface area contributed by atoms with Gasteiger partial charge in [-0.25, -0.2) is 4.98 Å². The summed E-state index contributed by atoms with van der Waals surface area (Å²) in [6.45, 7) is 5.94. The van der Waals surface area contributed by atoms with Crippen molar-refractivity contribution in [1.82, 2.24) is 9.88 Å². The molecule has 1 aliphatic rings. The summed E-state index contributed by atoms with van der Waals surface area (Å²) in [6.07, 6.45) is 4.35. The standard InChI is InChI=1S/C21H27N3O3S/c1-3-27-20(26)17-8-5-9-24(13-17)14-19(25)23-21-22-12-18(28-21)11-16-7-4-6-15(2)10-16/h4,6-7,10,12,17H,3,5,8-9,11,13-14H2,1-2H3,(H,22,23,25). The van der Waals surface area contributed by atoms with E-state index in [-0.39, 0.29) is 24.3 Å². The van der Waals surface area contributed by atoms with Gasteiger partial charge in [-0.3, -0.25) is 14.5 Å². The molecule has 28 heavy (non-hydrogen) atoms. The van der Waals surface area contributed by atoms with Crippen LogP contribution in [0.1, 0.15) is 35.8 Å². The van der Waals surface area contributed by atoms with Gasteiger partial charge in [-0.15, -0.1) is 11.3 Å². The number of carbonyl (C=O) groups is 2. The number of amides is 1. The smallest absolute Gasteiger partial charge is 0.310 e. The van der Waals surface area contributed by atoms with Crippen LogP contribution in [0.3, 0.4) is 0 Å². The van der Waals surface area contributed by atoms with Crippen LogP contribution in [0.4, 0.5) is 5.13 Å². The zero-order chi connectivity index (χ0) is 19.9. The van der Waals surface area contributed by atoms with Crippen LogP contribution in [0.5, 0.6) is 0 Å². The van der Waals surface area contributed by atoms with Crippen LogP contribution in [0.2, 0.25) is 0 Å². The molecule has 0 saturated carbocycles. The number of anilines is 1. The second kappa shape index (κ2) is 9.80. The Kier molecular flexibility index (Phi) is 7.17. The second-order valence-electron chi connectivity index (χ2n) is 7.17. The van der Waals surface area contributed by atoms with Crippen molar-refractivity contribution in [2.45, 2.75) is 33.1 Å². The molecule has 1 amide bonds. The van der Waals surface area contributed by atoms with Gasteiger partial charge in [0.15, 0.2) is 5.13 Å². The van der Waals surface area contributed by atoms with E-state index < -0.39 is 0 Å². The van der Waals surface area contributed by atoms with Crippen LogP contribution in [0.25, 0.3) is 0 Å². The number of nitrogens with one attached hydrogen (secondary N) is 1. The molecule has 0 bridgehead atoms. The summed E-state index contributed by atoms with van der Waals surface area (Å²) < 4.78 is 5.11. The molecule has 1 aromatic carbocycles. The first-order valence-corrected chi connectivity index (χ1v) is 10.5. The van der Waals surface area contributed by atoms with Gasteiger partial charge in [-0.05, 0) is 38.8 Å². The Morgan fingerprint density at radius 3 is 3.04 bits per heavy atom. The Bertz CT molecular complexity index is 821. The maximum absolute atomic E-state index is 12.4. The summed E-state index contributed by atoms with van der Waals surface area (Å²) in [4.78, 5) is 31.8. The van der Waals surface area contributed by atoms with Crippen molar-refractivity contribution in [2.75, 3.05) is 31.6 Å². The Hall–Kier alpha value is -2.25. The molecule has 1 unspecified atom stereocenters. The Morgan fingerprint density at radius 2 is 2.25 bits per heavy atom. The lowest BCUT2D eigenvalue weighted by Gasteiger charge is -2.30. The van der Waals surface area contributed by atoms with Gasteiger partial charge in [0.1, 0.15) is 0 Å². The molecule has 7 heteroatoms. The first-order chi connectivity index (χ1) is 13.5. The highest BCUT2D eigenvalue weighted by atomic mass is 32.1. The number of aryl methyl sites for hydroxylation is 1. The van der Waals surface area contributed by atoms with Crippen molar-refractivity contribution in [2.24, 2.45) is 5.92 Å². The lowest BCUT2D eigenvalue weighted by molar-refractivity contribution is -0.150. The highest BCUT2D eigenvalue weighted by Gasteiger charge is 2.27. The first kappa shape index (κ1) is 20.5. The SMILES string of the molecule is CCOC(=O)C1CCCN(CC(=O)Nc2ncc(Cc3cccc(C)c3)s2)C1. The molecule has 3 rings (SSSR count). The molecule has 1 atom stereocenters. The van der Waals surface area contributed by atoms with Crippen LogP contribution >= 0.6 is 11.3 Å². The van der Waals surface area contributed by atoms with E-state index in [1.165, 1.54) is 22.5 Å². The molecule has 1 fully saturated rings. The minimum atomic E-state index is -0.159. The largest absolute Gasteiger partial charge is 0.466 e. The third-order valence-corrected chi connectivity index (χ3v) is 5.67. The first-order valence-electron chi connectivity index (χ1n) is 9.72. The number of thiazole rings is 1. The predicted octanol–water partition coefficient (Wildman–Crippen LogP) is 3.26. The van der Waals surface area contributed by atoms with E-state index in [2.05, 4.69) is 41.5 Å². The monoisotopic (exact) mass is 401 g/mol. The molecule has 6 nitrogen and oxygen atoms in total. The predicted molar refractivity (Wildman–Crippen MR) is 111 cm³/mol. The van der Waals surface area contributed by atoms with Gasteiger partial charge >= 0.3 is 5.97 Å². The molecule has 2 heterocycles. The number of ether oxygens (including phenoxy) is 1. The Morgan fingerprint density at radius 1 is 1.39 bits per heavy atom. The maximum Gasteiger partial charge on any atom is 0.310 e. The number of nitrogens with zero attached hydrogens (tertiary/aromatic N) is 2. The fourth-order valence-corrected chi connectivity index (χ4v) is 4.35. The van der Waals surface area contributed by atoms with E-state index >= 15 is 0 Å². The van der Waals surface area contributed by atoms with E-state index in [9.17, 15) is 9.59 Å². The van der Waals surface area contributed by atoms with Crippen LogP contribution in [-0.4, -0.2) is 48.0 Å². The van der Waals surface area contributed by atoms with E-state index in [4.69, 9.17) is 4.74 Å². The second-order valence-corrected chi connectivity index (χ2v) is 8.29. The van der Waals surface area contributed by atoms with Crippen molar-refractivity contribution in [3.8, 4) is 0 Å².